The quantitative estimate of drug-likeness (QED) is 0.583. The topological polar surface area (TPSA) is 35.0 Å². The summed E-state index contributed by atoms with van der Waals surface area (Å²) in [6, 6.07) is 12.1. The molecule has 0 aliphatic heterocycles. The summed E-state index contributed by atoms with van der Waals surface area (Å²) in [4.78, 5) is 9.18. The molecule has 0 atom stereocenters. The van der Waals surface area contributed by atoms with Crippen LogP contribution in [0.2, 0.25) is 0 Å². The van der Waals surface area contributed by atoms with Crippen LogP contribution in [0.4, 0.5) is 0 Å². The number of pyridine rings is 1. The van der Waals surface area contributed by atoms with Crippen molar-refractivity contribution in [3.63, 3.8) is 0 Å². The summed E-state index contributed by atoms with van der Waals surface area (Å²) in [5.41, 5.74) is 4.22. The van der Waals surface area contributed by atoms with Crippen molar-refractivity contribution in [1.29, 1.82) is 0 Å². The minimum atomic E-state index is 0. The van der Waals surface area contributed by atoms with Crippen LogP contribution in [0.1, 0.15) is 19.0 Å². The van der Waals surface area contributed by atoms with E-state index in [4.69, 9.17) is 9.72 Å². The van der Waals surface area contributed by atoms with Gasteiger partial charge in [0.2, 0.25) is 0 Å². The molecular weight excluding hydrogens is 372 g/mol. The zero-order chi connectivity index (χ0) is 15.4. The number of hydrogen-bond donors (Lipinski definition) is 0. The minimum Gasteiger partial charge on any atom is -0.496 e. The normalized spacial score (nSPS) is 10.2. The summed E-state index contributed by atoms with van der Waals surface area (Å²) in [7, 11) is 1.69. The Morgan fingerprint density at radius 2 is 2.00 bits per heavy atom. The Morgan fingerprint density at radius 3 is 2.78 bits per heavy atom. The van der Waals surface area contributed by atoms with Crippen LogP contribution >= 0.6 is 28.3 Å². The van der Waals surface area contributed by atoms with E-state index in [1.165, 1.54) is 0 Å². The van der Waals surface area contributed by atoms with Gasteiger partial charge in [-0.25, -0.2) is 4.98 Å². The highest BCUT2D eigenvalue weighted by molar-refractivity contribution is 8.93. The SMILES string of the molecule is Br.CCCc1cc(-c2nc(-c3ccccc3OC)cs2)ccn1. The van der Waals surface area contributed by atoms with Gasteiger partial charge in [-0.2, -0.15) is 0 Å². The summed E-state index contributed by atoms with van der Waals surface area (Å²) in [6.07, 6.45) is 3.96. The van der Waals surface area contributed by atoms with Gasteiger partial charge in [-0.3, -0.25) is 4.98 Å². The van der Waals surface area contributed by atoms with Gasteiger partial charge in [-0.05, 0) is 30.7 Å². The molecule has 2 heterocycles. The number of hydrogen-bond acceptors (Lipinski definition) is 4. The largest absolute Gasteiger partial charge is 0.496 e. The maximum atomic E-state index is 5.42. The highest BCUT2D eigenvalue weighted by atomic mass is 79.9. The van der Waals surface area contributed by atoms with Crippen molar-refractivity contribution in [1.82, 2.24) is 9.97 Å². The van der Waals surface area contributed by atoms with E-state index >= 15 is 0 Å². The number of aromatic nitrogens is 2. The van der Waals surface area contributed by atoms with Crippen molar-refractivity contribution in [3.05, 3.63) is 53.7 Å². The van der Waals surface area contributed by atoms with E-state index in [1.54, 1.807) is 18.4 Å². The molecule has 0 radical (unpaired) electrons. The Hall–Kier alpha value is -1.72. The van der Waals surface area contributed by atoms with Crippen LogP contribution in [0, 0.1) is 0 Å². The number of benzene rings is 1. The molecule has 0 aliphatic rings. The van der Waals surface area contributed by atoms with Crippen LogP contribution in [0.15, 0.2) is 48.0 Å². The second-order valence-electron chi connectivity index (χ2n) is 5.02. The Balaban J connectivity index is 0.00000192. The molecule has 3 nitrogen and oxygen atoms in total. The van der Waals surface area contributed by atoms with Crippen LogP contribution in [-0.4, -0.2) is 17.1 Å². The molecule has 23 heavy (non-hydrogen) atoms. The molecule has 0 fully saturated rings. The van der Waals surface area contributed by atoms with Crippen molar-refractivity contribution in [2.75, 3.05) is 7.11 Å². The molecule has 0 spiro atoms. The number of ether oxygens (including phenoxy) is 1. The predicted octanol–water partition coefficient (Wildman–Crippen LogP) is 5.41. The maximum absolute atomic E-state index is 5.42. The first-order valence-electron chi connectivity index (χ1n) is 7.36. The first kappa shape index (κ1) is 17.6. The van der Waals surface area contributed by atoms with Crippen LogP contribution in [0.3, 0.4) is 0 Å². The number of halogens is 1. The van der Waals surface area contributed by atoms with Crippen molar-refractivity contribution in [2.45, 2.75) is 19.8 Å². The third kappa shape index (κ3) is 3.98. The molecule has 0 amide bonds. The lowest BCUT2D eigenvalue weighted by molar-refractivity contribution is 0.416. The summed E-state index contributed by atoms with van der Waals surface area (Å²) >= 11 is 1.65. The van der Waals surface area contributed by atoms with Gasteiger partial charge < -0.3 is 4.74 Å². The summed E-state index contributed by atoms with van der Waals surface area (Å²) in [6.45, 7) is 2.16. The molecule has 3 aromatic rings. The Bertz CT molecular complexity index is 773. The highest BCUT2D eigenvalue weighted by Gasteiger charge is 2.11. The van der Waals surface area contributed by atoms with Crippen LogP contribution < -0.4 is 4.74 Å². The first-order chi connectivity index (χ1) is 10.8. The van der Waals surface area contributed by atoms with Crippen LogP contribution in [0.25, 0.3) is 21.8 Å². The Kier molecular flexibility index (Phi) is 6.30. The number of methoxy groups -OCH3 is 1. The van der Waals surface area contributed by atoms with Crippen LogP contribution in [0.5, 0.6) is 5.75 Å². The van der Waals surface area contributed by atoms with Crippen molar-refractivity contribution in [2.24, 2.45) is 0 Å². The Morgan fingerprint density at radius 1 is 1.17 bits per heavy atom. The number of aryl methyl sites for hydroxylation is 1. The summed E-state index contributed by atoms with van der Waals surface area (Å²) in [5.74, 6) is 0.848. The molecule has 5 heteroatoms. The molecule has 1 aromatic carbocycles. The molecule has 0 aliphatic carbocycles. The average Bonchev–Trinajstić information content (AvgIpc) is 3.05. The van der Waals surface area contributed by atoms with Crippen molar-refractivity contribution >= 4 is 28.3 Å². The van der Waals surface area contributed by atoms with E-state index in [-0.39, 0.29) is 17.0 Å². The number of rotatable bonds is 5. The lowest BCUT2D eigenvalue weighted by Gasteiger charge is -2.05. The van der Waals surface area contributed by atoms with Crippen molar-refractivity contribution < 1.29 is 4.74 Å². The van der Waals surface area contributed by atoms with Gasteiger partial charge >= 0.3 is 0 Å². The molecule has 0 saturated carbocycles. The van der Waals surface area contributed by atoms with Gasteiger partial charge in [0.1, 0.15) is 10.8 Å². The van der Waals surface area contributed by atoms with Gasteiger partial charge in [0, 0.05) is 28.4 Å². The van der Waals surface area contributed by atoms with Gasteiger partial charge in [0.25, 0.3) is 0 Å². The molecule has 0 unspecified atom stereocenters. The molecule has 0 saturated heterocycles. The van der Waals surface area contributed by atoms with E-state index in [1.807, 2.05) is 36.5 Å². The molecule has 120 valence electrons. The fourth-order valence-electron chi connectivity index (χ4n) is 2.39. The fourth-order valence-corrected chi connectivity index (χ4v) is 3.21. The average molecular weight is 391 g/mol. The van der Waals surface area contributed by atoms with Gasteiger partial charge in [0.15, 0.2) is 0 Å². The minimum absolute atomic E-state index is 0. The fraction of sp³-hybridized carbons (Fsp3) is 0.222. The smallest absolute Gasteiger partial charge is 0.128 e. The van der Waals surface area contributed by atoms with E-state index in [2.05, 4.69) is 23.4 Å². The third-order valence-corrected chi connectivity index (χ3v) is 4.35. The van der Waals surface area contributed by atoms with Gasteiger partial charge in [0.05, 0.1) is 12.8 Å². The van der Waals surface area contributed by atoms with Gasteiger partial charge in [-0.1, -0.05) is 25.5 Å². The lowest BCUT2D eigenvalue weighted by Crippen LogP contribution is -1.90. The van der Waals surface area contributed by atoms with E-state index in [9.17, 15) is 0 Å². The molecule has 0 N–H and O–H groups in total. The number of nitrogens with zero attached hydrogens (tertiary/aromatic N) is 2. The predicted molar refractivity (Wildman–Crippen MR) is 102 cm³/mol. The maximum Gasteiger partial charge on any atom is 0.128 e. The number of thiazole rings is 1. The summed E-state index contributed by atoms with van der Waals surface area (Å²) < 4.78 is 5.42. The molecular formula is C18H19BrN2OS. The molecule has 3 rings (SSSR count). The van der Waals surface area contributed by atoms with E-state index in [0.29, 0.717) is 0 Å². The lowest BCUT2D eigenvalue weighted by atomic mass is 10.1. The highest BCUT2D eigenvalue weighted by Crippen LogP contribution is 2.33. The third-order valence-electron chi connectivity index (χ3n) is 3.46. The number of para-hydroxylation sites is 1. The Labute approximate surface area is 151 Å². The summed E-state index contributed by atoms with van der Waals surface area (Å²) in [5, 5.41) is 3.09. The van der Waals surface area contributed by atoms with Crippen LogP contribution in [-0.2, 0) is 6.42 Å². The van der Waals surface area contributed by atoms with E-state index in [0.717, 1.165) is 46.1 Å². The second kappa shape index (κ2) is 8.22. The second-order valence-corrected chi connectivity index (χ2v) is 5.88. The molecule has 0 bridgehead atoms. The zero-order valence-electron chi connectivity index (χ0n) is 13.2. The van der Waals surface area contributed by atoms with Gasteiger partial charge in [-0.15, -0.1) is 28.3 Å². The first-order valence-corrected chi connectivity index (χ1v) is 8.24. The zero-order valence-corrected chi connectivity index (χ0v) is 15.7. The molecule has 2 aromatic heterocycles. The standard InChI is InChI=1S/C18H18N2OS.BrH/c1-3-6-14-11-13(9-10-19-14)18-20-16(12-22-18)15-7-4-5-8-17(15)21-2;/h4-5,7-12H,3,6H2,1-2H3;1H. The van der Waals surface area contributed by atoms with E-state index < -0.39 is 0 Å². The monoisotopic (exact) mass is 390 g/mol. The van der Waals surface area contributed by atoms with Crippen molar-refractivity contribution in [3.8, 4) is 27.6 Å².